The quantitative estimate of drug-likeness (QED) is 0.549. The zero-order valence-corrected chi connectivity index (χ0v) is 14.6. The summed E-state index contributed by atoms with van der Waals surface area (Å²) in [6.45, 7) is 0.268. The highest BCUT2D eigenvalue weighted by Gasteiger charge is 2.10. The first-order valence-corrected chi connectivity index (χ1v) is 8.25. The summed E-state index contributed by atoms with van der Waals surface area (Å²) in [7, 11) is 1.61. The van der Waals surface area contributed by atoms with Crippen LogP contribution in [0.2, 0.25) is 5.02 Å². The molecule has 0 spiro atoms. The molecular formula is C19H14ClN3O3. The van der Waals surface area contributed by atoms with Crippen molar-refractivity contribution < 1.29 is 9.15 Å². The molecule has 0 saturated heterocycles. The van der Waals surface area contributed by atoms with E-state index in [2.05, 4.69) is 9.97 Å². The number of nitrogens with zero attached hydrogens (tertiary/aromatic N) is 3. The fourth-order valence-corrected chi connectivity index (χ4v) is 2.83. The first-order chi connectivity index (χ1) is 12.6. The Hall–Kier alpha value is -3.12. The van der Waals surface area contributed by atoms with Gasteiger partial charge in [0.1, 0.15) is 12.0 Å². The maximum absolute atomic E-state index is 12.6. The maximum atomic E-state index is 12.6. The predicted octanol–water partition coefficient (Wildman–Crippen LogP) is 3.76. The molecule has 2 aromatic heterocycles. The first-order valence-electron chi connectivity index (χ1n) is 7.87. The van der Waals surface area contributed by atoms with Gasteiger partial charge in [-0.1, -0.05) is 11.6 Å². The van der Waals surface area contributed by atoms with Crippen LogP contribution in [0.25, 0.3) is 22.4 Å². The van der Waals surface area contributed by atoms with Gasteiger partial charge >= 0.3 is 0 Å². The van der Waals surface area contributed by atoms with Gasteiger partial charge in [-0.2, -0.15) is 0 Å². The number of rotatable bonds is 4. The number of methoxy groups -OCH3 is 1. The van der Waals surface area contributed by atoms with E-state index in [-0.39, 0.29) is 12.1 Å². The van der Waals surface area contributed by atoms with E-state index in [1.165, 1.54) is 17.2 Å². The van der Waals surface area contributed by atoms with Crippen LogP contribution in [0.1, 0.15) is 5.69 Å². The molecule has 4 rings (SSSR count). The van der Waals surface area contributed by atoms with Crippen LogP contribution in [0.15, 0.2) is 64.3 Å². The van der Waals surface area contributed by atoms with Crippen molar-refractivity contribution in [3.8, 4) is 17.2 Å². The average Bonchev–Trinajstić information content (AvgIpc) is 3.13. The Balaban J connectivity index is 1.63. The summed E-state index contributed by atoms with van der Waals surface area (Å²) < 4.78 is 12.2. The lowest BCUT2D eigenvalue weighted by Gasteiger charge is -2.04. The number of benzene rings is 2. The fraction of sp³-hybridized carbons (Fsp3) is 0.105. The van der Waals surface area contributed by atoms with Crippen LogP contribution in [0.5, 0.6) is 5.75 Å². The molecule has 2 aromatic carbocycles. The van der Waals surface area contributed by atoms with Crippen molar-refractivity contribution in [1.29, 1.82) is 0 Å². The Morgan fingerprint density at radius 2 is 2.00 bits per heavy atom. The molecule has 0 saturated carbocycles. The minimum atomic E-state index is -0.152. The van der Waals surface area contributed by atoms with Crippen LogP contribution in [0.3, 0.4) is 0 Å². The Labute approximate surface area is 153 Å². The Kier molecular flexibility index (Phi) is 4.18. The average molecular weight is 368 g/mol. The molecule has 0 N–H and O–H groups in total. The fourth-order valence-electron chi connectivity index (χ4n) is 2.66. The number of hydrogen-bond acceptors (Lipinski definition) is 5. The van der Waals surface area contributed by atoms with Gasteiger partial charge in [0.2, 0.25) is 5.89 Å². The molecule has 0 aliphatic heterocycles. The summed E-state index contributed by atoms with van der Waals surface area (Å²) in [5.41, 5.74) is 1.88. The molecular weight excluding hydrogens is 354 g/mol. The molecule has 2 heterocycles. The molecule has 130 valence electrons. The maximum Gasteiger partial charge on any atom is 0.261 e. The number of ether oxygens (including phenoxy) is 1. The molecule has 6 nitrogen and oxygen atoms in total. The van der Waals surface area contributed by atoms with Crippen LogP contribution >= 0.6 is 11.6 Å². The van der Waals surface area contributed by atoms with E-state index >= 15 is 0 Å². The molecule has 4 aromatic rings. The lowest BCUT2D eigenvalue weighted by Crippen LogP contribution is -2.21. The Morgan fingerprint density at radius 3 is 2.77 bits per heavy atom. The highest BCUT2D eigenvalue weighted by molar-refractivity contribution is 6.31. The van der Waals surface area contributed by atoms with Crippen molar-refractivity contribution in [3.63, 3.8) is 0 Å². The first kappa shape index (κ1) is 16.4. The molecule has 0 radical (unpaired) electrons. The predicted molar refractivity (Wildman–Crippen MR) is 98.6 cm³/mol. The van der Waals surface area contributed by atoms with Gasteiger partial charge < -0.3 is 9.15 Å². The van der Waals surface area contributed by atoms with E-state index in [0.717, 1.165) is 11.3 Å². The summed E-state index contributed by atoms with van der Waals surface area (Å²) in [5, 5.41) is 1.05. The largest absolute Gasteiger partial charge is 0.497 e. The van der Waals surface area contributed by atoms with Gasteiger partial charge in [0.05, 0.1) is 36.6 Å². The van der Waals surface area contributed by atoms with Crippen molar-refractivity contribution in [1.82, 2.24) is 14.5 Å². The zero-order chi connectivity index (χ0) is 18.1. The Bertz CT molecular complexity index is 1130. The van der Waals surface area contributed by atoms with E-state index in [1.54, 1.807) is 25.3 Å². The second kappa shape index (κ2) is 6.65. The second-order valence-corrected chi connectivity index (χ2v) is 6.15. The van der Waals surface area contributed by atoms with Crippen molar-refractivity contribution in [2.45, 2.75) is 6.54 Å². The monoisotopic (exact) mass is 367 g/mol. The van der Waals surface area contributed by atoms with Crippen LogP contribution in [0.4, 0.5) is 0 Å². The third kappa shape index (κ3) is 3.07. The molecule has 0 fully saturated rings. The molecule has 0 aliphatic rings. The van der Waals surface area contributed by atoms with Gasteiger partial charge in [0.25, 0.3) is 5.56 Å². The minimum absolute atomic E-state index is 0.152. The SMILES string of the molecule is COc1ccc(-c2nc(Cn3cnc4cc(Cl)ccc4c3=O)co2)cc1. The number of hydrogen-bond donors (Lipinski definition) is 0. The van der Waals surface area contributed by atoms with Crippen molar-refractivity contribution in [2.24, 2.45) is 0 Å². The third-order valence-electron chi connectivity index (χ3n) is 4.01. The van der Waals surface area contributed by atoms with Crippen molar-refractivity contribution >= 4 is 22.5 Å². The number of aromatic nitrogens is 3. The number of halogens is 1. The molecule has 0 aliphatic carbocycles. The molecule has 0 amide bonds. The molecule has 7 heteroatoms. The van der Waals surface area contributed by atoms with E-state index in [4.69, 9.17) is 20.8 Å². The molecule has 0 atom stereocenters. The zero-order valence-electron chi connectivity index (χ0n) is 13.8. The van der Waals surface area contributed by atoms with Gasteiger partial charge in [-0.05, 0) is 42.5 Å². The third-order valence-corrected chi connectivity index (χ3v) is 4.24. The van der Waals surface area contributed by atoms with Crippen LogP contribution in [0, 0.1) is 0 Å². The van der Waals surface area contributed by atoms with E-state index in [1.807, 2.05) is 24.3 Å². The molecule has 26 heavy (non-hydrogen) atoms. The van der Waals surface area contributed by atoms with E-state index in [9.17, 15) is 4.79 Å². The topological polar surface area (TPSA) is 70.2 Å². The van der Waals surface area contributed by atoms with Crippen molar-refractivity contribution in [2.75, 3.05) is 7.11 Å². The Morgan fingerprint density at radius 1 is 1.19 bits per heavy atom. The van der Waals surface area contributed by atoms with E-state index in [0.29, 0.717) is 27.5 Å². The van der Waals surface area contributed by atoms with Gasteiger partial charge in [-0.25, -0.2) is 9.97 Å². The standard InChI is InChI=1S/C19H14ClN3O3/c1-25-15-5-2-12(3-6-15)18-22-14(10-26-18)9-23-11-21-17-8-13(20)4-7-16(17)19(23)24/h2-8,10-11H,9H2,1H3. The lowest BCUT2D eigenvalue weighted by molar-refractivity contribution is 0.415. The van der Waals surface area contributed by atoms with Gasteiger partial charge in [-0.3, -0.25) is 9.36 Å². The van der Waals surface area contributed by atoms with Gasteiger partial charge in [0.15, 0.2) is 0 Å². The highest BCUT2D eigenvalue weighted by atomic mass is 35.5. The highest BCUT2D eigenvalue weighted by Crippen LogP contribution is 2.22. The number of fused-ring (bicyclic) bond motifs is 1. The van der Waals surface area contributed by atoms with Crippen LogP contribution < -0.4 is 10.3 Å². The molecule has 0 bridgehead atoms. The van der Waals surface area contributed by atoms with Gasteiger partial charge in [0, 0.05) is 10.6 Å². The smallest absolute Gasteiger partial charge is 0.261 e. The summed E-state index contributed by atoms with van der Waals surface area (Å²) in [6, 6.07) is 12.4. The van der Waals surface area contributed by atoms with Gasteiger partial charge in [-0.15, -0.1) is 0 Å². The van der Waals surface area contributed by atoms with E-state index < -0.39 is 0 Å². The summed E-state index contributed by atoms with van der Waals surface area (Å²) in [4.78, 5) is 21.3. The summed E-state index contributed by atoms with van der Waals surface area (Å²) in [6.07, 6.45) is 3.03. The normalized spacial score (nSPS) is 11.0. The minimum Gasteiger partial charge on any atom is -0.497 e. The second-order valence-electron chi connectivity index (χ2n) is 5.71. The summed E-state index contributed by atoms with van der Waals surface area (Å²) in [5.74, 6) is 1.24. The molecule has 0 unspecified atom stereocenters. The van der Waals surface area contributed by atoms with Crippen LogP contribution in [-0.2, 0) is 6.54 Å². The van der Waals surface area contributed by atoms with Crippen molar-refractivity contribution in [3.05, 3.63) is 76.1 Å². The summed E-state index contributed by atoms with van der Waals surface area (Å²) >= 11 is 5.94. The van der Waals surface area contributed by atoms with Crippen LogP contribution in [-0.4, -0.2) is 21.6 Å². The lowest BCUT2D eigenvalue weighted by atomic mass is 10.2. The number of oxazole rings is 1.